The average Bonchev–Trinajstić information content (AvgIpc) is 2.02. The SMILES string of the molecule is O=C(O)C1CNCCC1C1CCC1. The van der Waals surface area contributed by atoms with Crippen LogP contribution in [0.1, 0.15) is 25.7 Å². The summed E-state index contributed by atoms with van der Waals surface area (Å²) in [5.41, 5.74) is 0. The minimum atomic E-state index is -0.607. The van der Waals surface area contributed by atoms with Gasteiger partial charge in [0.15, 0.2) is 0 Å². The Hall–Kier alpha value is -0.570. The summed E-state index contributed by atoms with van der Waals surface area (Å²) in [5, 5.41) is 12.2. The Morgan fingerprint density at radius 3 is 2.62 bits per heavy atom. The largest absolute Gasteiger partial charge is 0.481 e. The zero-order valence-corrected chi connectivity index (χ0v) is 7.83. The third kappa shape index (κ3) is 1.70. The zero-order chi connectivity index (χ0) is 9.26. The zero-order valence-electron chi connectivity index (χ0n) is 7.83. The molecule has 0 bridgehead atoms. The van der Waals surface area contributed by atoms with Crippen molar-refractivity contribution in [3.05, 3.63) is 0 Å². The molecule has 74 valence electrons. The maximum absolute atomic E-state index is 11.0. The van der Waals surface area contributed by atoms with E-state index in [0.717, 1.165) is 13.0 Å². The molecule has 1 heterocycles. The summed E-state index contributed by atoms with van der Waals surface area (Å²) >= 11 is 0. The molecular formula is C10H17NO2. The van der Waals surface area contributed by atoms with Gasteiger partial charge in [-0.25, -0.2) is 0 Å². The topological polar surface area (TPSA) is 49.3 Å². The van der Waals surface area contributed by atoms with E-state index in [0.29, 0.717) is 18.4 Å². The van der Waals surface area contributed by atoms with Gasteiger partial charge in [0.1, 0.15) is 0 Å². The van der Waals surface area contributed by atoms with Crippen molar-refractivity contribution in [3.63, 3.8) is 0 Å². The highest BCUT2D eigenvalue weighted by Crippen LogP contribution is 2.40. The lowest BCUT2D eigenvalue weighted by atomic mass is 9.68. The Bertz CT molecular complexity index is 201. The molecule has 1 aliphatic carbocycles. The molecule has 3 nitrogen and oxygen atoms in total. The Morgan fingerprint density at radius 2 is 2.08 bits per heavy atom. The van der Waals surface area contributed by atoms with E-state index in [2.05, 4.69) is 5.32 Å². The highest BCUT2D eigenvalue weighted by molar-refractivity contribution is 5.70. The normalized spacial score (nSPS) is 35.4. The summed E-state index contributed by atoms with van der Waals surface area (Å²) < 4.78 is 0. The summed E-state index contributed by atoms with van der Waals surface area (Å²) in [6.07, 6.45) is 4.88. The molecule has 2 fully saturated rings. The first-order valence-electron chi connectivity index (χ1n) is 5.22. The third-order valence-corrected chi connectivity index (χ3v) is 3.61. The Kier molecular flexibility index (Phi) is 2.54. The molecule has 0 amide bonds. The van der Waals surface area contributed by atoms with E-state index in [1.807, 2.05) is 0 Å². The van der Waals surface area contributed by atoms with Crippen molar-refractivity contribution >= 4 is 5.97 Å². The Balaban J connectivity index is 1.99. The highest BCUT2D eigenvalue weighted by atomic mass is 16.4. The van der Waals surface area contributed by atoms with Crippen LogP contribution in [0.15, 0.2) is 0 Å². The molecule has 2 unspecified atom stereocenters. The van der Waals surface area contributed by atoms with Crippen molar-refractivity contribution < 1.29 is 9.90 Å². The number of carboxylic acids is 1. The molecule has 2 N–H and O–H groups in total. The molecule has 1 aliphatic heterocycles. The fourth-order valence-electron chi connectivity index (χ4n) is 2.58. The van der Waals surface area contributed by atoms with Gasteiger partial charge in [-0.1, -0.05) is 19.3 Å². The fraction of sp³-hybridized carbons (Fsp3) is 0.900. The van der Waals surface area contributed by atoms with Gasteiger partial charge in [-0.3, -0.25) is 4.79 Å². The Morgan fingerprint density at radius 1 is 1.31 bits per heavy atom. The van der Waals surface area contributed by atoms with Crippen LogP contribution in [-0.2, 0) is 4.79 Å². The van der Waals surface area contributed by atoms with Crippen LogP contribution in [0.2, 0.25) is 0 Å². The summed E-state index contributed by atoms with van der Waals surface area (Å²) in [6, 6.07) is 0. The van der Waals surface area contributed by atoms with Gasteiger partial charge in [-0.2, -0.15) is 0 Å². The highest BCUT2D eigenvalue weighted by Gasteiger charge is 2.38. The van der Waals surface area contributed by atoms with E-state index in [-0.39, 0.29) is 5.92 Å². The van der Waals surface area contributed by atoms with E-state index in [9.17, 15) is 4.79 Å². The predicted molar refractivity (Wildman–Crippen MR) is 49.4 cm³/mol. The second-order valence-electron chi connectivity index (χ2n) is 4.29. The summed E-state index contributed by atoms with van der Waals surface area (Å²) in [4.78, 5) is 11.0. The number of rotatable bonds is 2. The van der Waals surface area contributed by atoms with Gasteiger partial charge in [0.05, 0.1) is 5.92 Å². The van der Waals surface area contributed by atoms with Crippen molar-refractivity contribution in [2.45, 2.75) is 25.7 Å². The molecule has 0 aromatic heterocycles. The molecule has 2 aliphatic rings. The number of carbonyl (C=O) groups is 1. The molecular weight excluding hydrogens is 166 g/mol. The molecule has 2 atom stereocenters. The first-order chi connectivity index (χ1) is 6.29. The van der Waals surface area contributed by atoms with Crippen molar-refractivity contribution in [1.29, 1.82) is 0 Å². The molecule has 3 heteroatoms. The molecule has 0 aromatic rings. The molecule has 0 spiro atoms. The second kappa shape index (κ2) is 3.66. The van der Waals surface area contributed by atoms with Crippen LogP contribution in [0.5, 0.6) is 0 Å². The molecule has 0 aromatic carbocycles. The van der Waals surface area contributed by atoms with Crippen LogP contribution in [-0.4, -0.2) is 24.2 Å². The van der Waals surface area contributed by atoms with Crippen LogP contribution < -0.4 is 5.32 Å². The molecule has 2 rings (SSSR count). The smallest absolute Gasteiger partial charge is 0.308 e. The number of piperidine rings is 1. The van der Waals surface area contributed by atoms with Gasteiger partial charge in [0.2, 0.25) is 0 Å². The van der Waals surface area contributed by atoms with Gasteiger partial charge in [0, 0.05) is 6.54 Å². The van der Waals surface area contributed by atoms with Crippen molar-refractivity contribution in [2.24, 2.45) is 17.8 Å². The van der Waals surface area contributed by atoms with Crippen molar-refractivity contribution in [1.82, 2.24) is 5.32 Å². The lowest BCUT2D eigenvalue weighted by Gasteiger charge is -2.39. The minimum Gasteiger partial charge on any atom is -0.481 e. The fourth-order valence-corrected chi connectivity index (χ4v) is 2.58. The lowest BCUT2D eigenvalue weighted by Crippen LogP contribution is -2.45. The van der Waals surface area contributed by atoms with E-state index in [1.54, 1.807) is 0 Å². The van der Waals surface area contributed by atoms with Gasteiger partial charge in [-0.15, -0.1) is 0 Å². The van der Waals surface area contributed by atoms with E-state index in [4.69, 9.17) is 5.11 Å². The van der Waals surface area contributed by atoms with E-state index in [1.165, 1.54) is 19.3 Å². The van der Waals surface area contributed by atoms with Crippen molar-refractivity contribution in [3.8, 4) is 0 Å². The summed E-state index contributed by atoms with van der Waals surface area (Å²) in [6.45, 7) is 1.68. The van der Waals surface area contributed by atoms with Gasteiger partial charge in [0.25, 0.3) is 0 Å². The van der Waals surface area contributed by atoms with Crippen LogP contribution >= 0.6 is 0 Å². The van der Waals surface area contributed by atoms with Gasteiger partial charge < -0.3 is 10.4 Å². The molecule has 0 radical (unpaired) electrons. The third-order valence-electron chi connectivity index (χ3n) is 3.61. The maximum atomic E-state index is 11.0. The van der Waals surface area contributed by atoms with Crippen molar-refractivity contribution in [2.75, 3.05) is 13.1 Å². The molecule has 13 heavy (non-hydrogen) atoms. The molecule has 1 saturated heterocycles. The van der Waals surface area contributed by atoms with Gasteiger partial charge in [-0.05, 0) is 24.8 Å². The second-order valence-corrected chi connectivity index (χ2v) is 4.29. The first-order valence-corrected chi connectivity index (χ1v) is 5.22. The van der Waals surface area contributed by atoms with Gasteiger partial charge >= 0.3 is 5.97 Å². The number of hydrogen-bond donors (Lipinski definition) is 2. The monoisotopic (exact) mass is 183 g/mol. The number of nitrogens with one attached hydrogen (secondary N) is 1. The predicted octanol–water partition coefficient (Wildman–Crippen LogP) is 1.10. The van der Waals surface area contributed by atoms with Crippen LogP contribution in [0.4, 0.5) is 0 Å². The average molecular weight is 183 g/mol. The maximum Gasteiger partial charge on any atom is 0.308 e. The first kappa shape index (κ1) is 9.00. The van der Waals surface area contributed by atoms with E-state index >= 15 is 0 Å². The summed E-state index contributed by atoms with van der Waals surface area (Å²) in [7, 11) is 0. The van der Waals surface area contributed by atoms with Crippen LogP contribution in [0, 0.1) is 17.8 Å². The Labute approximate surface area is 78.5 Å². The number of aliphatic carboxylic acids is 1. The van der Waals surface area contributed by atoms with Crippen LogP contribution in [0.25, 0.3) is 0 Å². The standard InChI is InChI=1S/C10H17NO2/c12-10(13)9-6-11-5-4-8(9)7-2-1-3-7/h7-9,11H,1-6H2,(H,12,13). The molecule has 1 saturated carbocycles. The quantitative estimate of drug-likeness (QED) is 0.674. The van der Waals surface area contributed by atoms with E-state index < -0.39 is 5.97 Å². The van der Waals surface area contributed by atoms with Crippen LogP contribution in [0.3, 0.4) is 0 Å². The minimum absolute atomic E-state index is 0.126. The number of hydrogen-bond acceptors (Lipinski definition) is 2. The summed E-state index contributed by atoms with van der Waals surface area (Å²) in [5.74, 6) is 0.429. The lowest BCUT2D eigenvalue weighted by molar-refractivity contribution is -0.145. The number of carboxylic acid groups (broad SMARTS) is 1.